The van der Waals surface area contributed by atoms with Crippen molar-refractivity contribution in [1.29, 1.82) is 0 Å². The number of ether oxygens (including phenoxy) is 1. The molecule has 0 N–H and O–H groups in total. The molecule has 20 heavy (non-hydrogen) atoms. The summed E-state index contributed by atoms with van der Waals surface area (Å²) < 4.78 is 4.96. The molecule has 0 bridgehead atoms. The monoisotopic (exact) mass is 276 g/mol. The number of piperidine rings is 1. The molecule has 1 aromatic heterocycles. The molecule has 1 aliphatic rings. The van der Waals surface area contributed by atoms with Crippen molar-refractivity contribution in [2.75, 3.05) is 24.6 Å². The molecule has 110 valence electrons. The minimum Gasteiger partial charge on any atom is -0.462 e. The summed E-state index contributed by atoms with van der Waals surface area (Å²) >= 11 is 0. The maximum atomic E-state index is 11.6. The first-order valence-corrected chi connectivity index (χ1v) is 7.50. The number of pyridine rings is 1. The van der Waals surface area contributed by atoms with E-state index in [4.69, 9.17) is 4.74 Å². The lowest BCUT2D eigenvalue weighted by Gasteiger charge is -2.34. The van der Waals surface area contributed by atoms with E-state index in [0.717, 1.165) is 30.7 Å². The van der Waals surface area contributed by atoms with Gasteiger partial charge in [0, 0.05) is 19.3 Å². The van der Waals surface area contributed by atoms with Crippen molar-refractivity contribution in [3.05, 3.63) is 23.9 Å². The molecule has 2 rings (SSSR count). The number of rotatable bonds is 4. The van der Waals surface area contributed by atoms with E-state index in [-0.39, 0.29) is 5.97 Å². The third kappa shape index (κ3) is 3.50. The van der Waals surface area contributed by atoms with E-state index in [1.807, 2.05) is 6.07 Å². The Morgan fingerprint density at radius 2 is 2.10 bits per heavy atom. The van der Waals surface area contributed by atoms with Gasteiger partial charge < -0.3 is 9.64 Å². The van der Waals surface area contributed by atoms with Crippen LogP contribution in [0.2, 0.25) is 0 Å². The van der Waals surface area contributed by atoms with Gasteiger partial charge in [0.1, 0.15) is 5.82 Å². The summed E-state index contributed by atoms with van der Waals surface area (Å²) in [5.74, 6) is 2.24. The number of anilines is 1. The second-order valence-corrected chi connectivity index (χ2v) is 5.69. The Morgan fingerprint density at radius 3 is 2.60 bits per heavy atom. The van der Waals surface area contributed by atoms with Gasteiger partial charge in [0.05, 0.1) is 12.2 Å². The molecule has 4 nitrogen and oxygen atoms in total. The summed E-state index contributed by atoms with van der Waals surface area (Å²) in [6.07, 6.45) is 4.06. The van der Waals surface area contributed by atoms with Crippen molar-refractivity contribution < 1.29 is 9.53 Å². The van der Waals surface area contributed by atoms with Crippen LogP contribution in [0.3, 0.4) is 0 Å². The van der Waals surface area contributed by atoms with Crippen molar-refractivity contribution >= 4 is 11.8 Å². The first kappa shape index (κ1) is 14.8. The molecule has 0 radical (unpaired) electrons. The van der Waals surface area contributed by atoms with Crippen LogP contribution in [0.1, 0.15) is 44.0 Å². The SMILES string of the molecule is CCOC(=O)c1ccc(N2CCC(C(C)C)CC2)nc1. The maximum Gasteiger partial charge on any atom is 0.339 e. The largest absolute Gasteiger partial charge is 0.462 e. The predicted octanol–water partition coefficient (Wildman–Crippen LogP) is 3.13. The second-order valence-electron chi connectivity index (χ2n) is 5.69. The lowest BCUT2D eigenvalue weighted by Crippen LogP contribution is -2.35. The molecule has 1 fully saturated rings. The Kier molecular flexibility index (Phi) is 4.99. The number of nitrogens with zero attached hydrogens (tertiary/aromatic N) is 2. The summed E-state index contributed by atoms with van der Waals surface area (Å²) in [5, 5.41) is 0. The van der Waals surface area contributed by atoms with Crippen molar-refractivity contribution in [3.63, 3.8) is 0 Å². The number of hydrogen-bond acceptors (Lipinski definition) is 4. The summed E-state index contributed by atoms with van der Waals surface area (Å²) in [6, 6.07) is 3.72. The predicted molar refractivity (Wildman–Crippen MR) is 80.0 cm³/mol. The lowest BCUT2D eigenvalue weighted by atomic mass is 9.87. The fraction of sp³-hybridized carbons (Fsp3) is 0.625. The summed E-state index contributed by atoms with van der Waals surface area (Å²) in [7, 11) is 0. The van der Waals surface area contributed by atoms with E-state index in [9.17, 15) is 4.79 Å². The maximum absolute atomic E-state index is 11.6. The molecule has 0 amide bonds. The van der Waals surface area contributed by atoms with Crippen LogP contribution in [-0.2, 0) is 4.74 Å². The first-order chi connectivity index (χ1) is 9.61. The molecule has 4 heteroatoms. The van der Waals surface area contributed by atoms with Gasteiger partial charge in [0.2, 0.25) is 0 Å². The number of hydrogen-bond donors (Lipinski definition) is 0. The van der Waals surface area contributed by atoms with Gasteiger partial charge in [0.15, 0.2) is 0 Å². The van der Waals surface area contributed by atoms with E-state index >= 15 is 0 Å². The highest BCUT2D eigenvalue weighted by molar-refractivity contribution is 5.89. The Labute approximate surface area is 121 Å². The van der Waals surface area contributed by atoms with Crippen molar-refractivity contribution in [3.8, 4) is 0 Å². The molecule has 1 aromatic rings. The van der Waals surface area contributed by atoms with Crippen molar-refractivity contribution in [1.82, 2.24) is 4.98 Å². The van der Waals surface area contributed by atoms with Crippen molar-refractivity contribution in [2.45, 2.75) is 33.6 Å². The summed E-state index contributed by atoms with van der Waals surface area (Å²) in [6.45, 7) is 8.89. The minimum atomic E-state index is -0.301. The van der Waals surface area contributed by atoms with Gasteiger partial charge in [-0.15, -0.1) is 0 Å². The smallest absolute Gasteiger partial charge is 0.339 e. The van der Waals surface area contributed by atoms with Crippen LogP contribution in [0.15, 0.2) is 18.3 Å². The van der Waals surface area contributed by atoms with Gasteiger partial charge in [-0.2, -0.15) is 0 Å². The van der Waals surface area contributed by atoms with Gasteiger partial charge in [0.25, 0.3) is 0 Å². The van der Waals surface area contributed by atoms with Crippen LogP contribution in [-0.4, -0.2) is 30.6 Å². The highest BCUT2D eigenvalue weighted by Gasteiger charge is 2.22. The number of carbonyl (C=O) groups excluding carboxylic acids is 1. The molecule has 0 aromatic carbocycles. The van der Waals surface area contributed by atoms with Crippen molar-refractivity contribution in [2.24, 2.45) is 11.8 Å². The molecule has 0 saturated carbocycles. The molecule has 2 heterocycles. The van der Waals surface area contributed by atoms with Gasteiger partial charge in [-0.1, -0.05) is 13.8 Å². The zero-order valence-electron chi connectivity index (χ0n) is 12.6. The zero-order valence-corrected chi connectivity index (χ0v) is 12.6. The molecular weight excluding hydrogens is 252 g/mol. The fourth-order valence-corrected chi connectivity index (χ4v) is 2.70. The zero-order chi connectivity index (χ0) is 14.5. The molecule has 1 aliphatic heterocycles. The standard InChI is InChI=1S/C16H24N2O2/c1-4-20-16(19)14-5-6-15(17-11-14)18-9-7-13(8-10-18)12(2)3/h5-6,11-13H,4,7-10H2,1-3H3. The Hall–Kier alpha value is -1.58. The third-order valence-corrected chi connectivity index (χ3v) is 4.07. The minimum absolute atomic E-state index is 0.301. The van der Waals surface area contributed by atoms with E-state index in [1.165, 1.54) is 12.8 Å². The van der Waals surface area contributed by atoms with Gasteiger partial charge in [-0.25, -0.2) is 9.78 Å². The van der Waals surface area contributed by atoms with Gasteiger partial charge >= 0.3 is 5.97 Å². The first-order valence-electron chi connectivity index (χ1n) is 7.50. The Balaban J connectivity index is 1.96. The molecule has 0 unspecified atom stereocenters. The van der Waals surface area contributed by atoms with E-state index < -0.39 is 0 Å². The highest BCUT2D eigenvalue weighted by atomic mass is 16.5. The molecule has 0 spiro atoms. The van der Waals surface area contributed by atoms with Gasteiger partial charge in [-0.3, -0.25) is 0 Å². The summed E-state index contributed by atoms with van der Waals surface area (Å²) in [5.41, 5.74) is 0.521. The van der Waals surface area contributed by atoms with E-state index in [0.29, 0.717) is 12.2 Å². The third-order valence-electron chi connectivity index (χ3n) is 4.07. The quantitative estimate of drug-likeness (QED) is 0.792. The Bertz CT molecular complexity index is 434. The van der Waals surface area contributed by atoms with Crippen LogP contribution in [0.5, 0.6) is 0 Å². The fourth-order valence-electron chi connectivity index (χ4n) is 2.70. The van der Waals surface area contributed by atoms with E-state index in [2.05, 4.69) is 23.7 Å². The number of esters is 1. The lowest BCUT2D eigenvalue weighted by molar-refractivity contribution is 0.0526. The molecule has 0 atom stereocenters. The van der Waals surface area contributed by atoms with Gasteiger partial charge in [-0.05, 0) is 43.7 Å². The van der Waals surface area contributed by atoms with Crippen LogP contribution in [0, 0.1) is 11.8 Å². The number of carbonyl (C=O) groups is 1. The van der Waals surface area contributed by atoms with Crippen LogP contribution in [0.25, 0.3) is 0 Å². The average molecular weight is 276 g/mol. The normalized spacial score (nSPS) is 16.5. The van der Waals surface area contributed by atoms with E-state index in [1.54, 1.807) is 19.2 Å². The molecular formula is C16H24N2O2. The average Bonchev–Trinajstić information content (AvgIpc) is 2.48. The highest BCUT2D eigenvalue weighted by Crippen LogP contribution is 2.26. The topological polar surface area (TPSA) is 42.4 Å². The summed E-state index contributed by atoms with van der Waals surface area (Å²) in [4.78, 5) is 18.3. The molecule has 0 aliphatic carbocycles. The van der Waals surface area contributed by atoms with Crippen LogP contribution in [0.4, 0.5) is 5.82 Å². The second kappa shape index (κ2) is 6.73. The number of aromatic nitrogens is 1. The Morgan fingerprint density at radius 1 is 1.40 bits per heavy atom. The van der Waals surface area contributed by atoms with Crippen LogP contribution < -0.4 is 4.90 Å². The van der Waals surface area contributed by atoms with Crippen LogP contribution >= 0.6 is 0 Å². The molecule has 1 saturated heterocycles.